The van der Waals surface area contributed by atoms with E-state index in [0.717, 1.165) is 0 Å². The minimum absolute atomic E-state index is 0.188. The van der Waals surface area contributed by atoms with E-state index in [1.54, 1.807) is 18.2 Å². The number of ether oxygens (including phenoxy) is 3. The Bertz CT molecular complexity index is 387. The van der Waals surface area contributed by atoms with E-state index in [1.807, 2.05) is 0 Å². The van der Waals surface area contributed by atoms with Crippen molar-refractivity contribution in [2.45, 2.75) is 13.0 Å². The highest BCUT2D eigenvalue weighted by atomic mass is 16.7. The third kappa shape index (κ3) is 1.96. The lowest BCUT2D eigenvalue weighted by atomic mass is 10.3. The summed E-state index contributed by atoms with van der Waals surface area (Å²) in [6.45, 7) is 1.65. The second-order valence-corrected chi connectivity index (χ2v) is 3.11. The summed E-state index contributed by atoms with van der Waals surface area (Å²) < 4.78 is 15.4. The first-order valence-corrected chi connectivity index (χ1v) is 4.46. The second-order valence-electron chi connectivity index (χ2n) is 3.11. The molecular formula is C10H10O5. The zero-order chi connectivity index (χ0) is 10.8. The molecule has 15 heavy (non-hydrogen) atoms. The lowest BCUT2D eigenvalue weighted by Crippen LogP contribution is -2.22. The van der Waals surface area contributed by atoms with Crippen LogP contribution >= 0.6 is 0 Å². The van der Waals surface area contributed by atoms with Crippen LogP contribution in [0.4, 0.5) is 0 Å². The summed E-state index contributed by atoms with van der Waals surface area (Å²) in [7, 11) is 0. The zero-order valence-corrected chi connectivity index (χ0v) is 8.10. The van der Waals surface area contributed by atoms with Crippen LogP contribution in [-0.2, 0) is 4.79 Å². The molecule has 0 aliphatic carbocycles. The van der Waals surface area contributed by atoms with Gasteiger partial charge in [0.15, 0.2) is 17.6 Å². The van der Waals surface area contributed by atoms with Gasteiger partial charge in [0.1, 0.15) is 5.75 Å². The zero-order valence-electron chi connectivity index (χ0n) is 8.10. The Morgan fingerprint density at radius 2 is 2.20 bits per heavy atom. The highest BCUT2D eigenvalue weighted by Gasteiger charge is 2.17. The third-order valence-electron chi connectivity index (χ3n) is 2.00. The Hall–Kier alpha value is -1.91. The first-order valence-electron chi connectivity index (χ1n) is 4.46. The van der Waals surface area contributed by atoms with E-state index >= 15 is 0 Å². The molecule has 5 nitrogen and oxygen atoms in total. The first kappa shape index (κ1) is 9.64. The molecule has 1 aliphatic heterocycles. The number of hydrogen-bond donors (Lipinski definition) is 1. The van der Waals surface area contributed by atoms with Gasteiger partial charge in [-0.25, -0.2) is 4.79 Å². The molecule has 2 rings (SSSR count). The summed E-state index contributed by atoms with van der Waals surface area (Å²) in [6, 6.07) is 4.95. The van der Waals surface area contributed by atoms with E-state index in [1.165, 1.54) is 6.92 Å². The van der Waals surface area contributed by atoms with Gasteiger partial charge in [0.25, 0.3) is 0 Å². The van der Waals surface area contributed by atoms with Crippen LogP contribution < -0.4 is 14.2 Å². The summed E-state index contributed by atoms with van der Waals surface area (Å²) in [5.41, 5.74) is 0. The van der Waals surface area contributed by atoms with Crippen molar-refractivity contribution in [1.29, 1.82) is 0 Å². The molecule has 0 unspecified atom stereocenters. The standard InChI is InChI=1S/C10H10O5/c1-6(10(11)12)15-7-2-3-8-9(4-7)14-5-13-8/h2-4,6H,5H2,1H3,(H,11,12)/t6-/m0/s1. The van der Waals surface area contributed by atoms with Gasteiger partial charge >= 0.3 is 5.97 Å². The molecule has 1 N–H and O–H groups in total. The van der Waals surface area contributed by atoms with Crippen molar-refractivity contribution < 1.29 is 24.1 Å². The number of carboxylic acids is 1. The predicted molar refractivity (Wildman–Crippen MR) is 50.3 cm³/mol. The van der Waals surface area contributed by atoms with Crippen molar-refractivity contribution in [3.63, 3.8) is 0 Å². The fraction of sp³-hybridized carbons (Fsp3) is 0.300. The third-order valence-corrected chi connectivity index (χ3v) is 2.00. The fourth-order valence-electron chi connectivity index (χ4n) is 1.20. The van der Waals surface area contributed by atoms with Crippen LogP contribution in [0.1, 0.15) is 6.92 Å². The Kier molecular flexibility index (Phi) is 2.37. The van der Waals surface area contributed by atoms with Gasteiger partial charge in [-0.05, 0) is 19.1 Å². The van der Waals surface area contributed by atoms with E-state index in [2.05, 4.69) is 0 Å². The fourth-order valence-corrected chi connectivity index (χ4v) is 1.20. The Morgan fingerprint density at radius 1 is 1.47 bits per heavy atom. The minimum atomic E-state index is -1.01. The molecule has 0 saturated carbocycles. The van der Waals surface area contributed by atoms with E-state index in [-0.39, 0.29) is 6.79 Å². The molecule has 1 aromatic rings. The van der Waals surface area contributed by atoms with Crippen molar-refractivity contribution in [3.05, 3.63) is 18.2 Å². The largest absolute Gasteiger partial charge is 0.479 e. The predicted octanol–water partition coefficient (Wildman–Crippen LogP) is 1.27. The van der Waals surface area contributed by atoms with Crippen molar-refractivity contribution in [3.8, 4) is 17.2 Å². The normalized spacial score (nSPS) is 14.7. The first-order chi connectivity index (χ1) is 7.16. The van der Waals surface area contributed by atoms with Crippen LogP contribution in [0.25, 0.3) is 0 Å². The number of fused-ring (bicyclic) bond motifs is 1. The quantitative estimate of drug-likeness (QED) is 0.813. The molecule has 1 heterocycles. The maximum absolute atomic E-state index is 10.6. The molecule has 0 spiro atoms. The molecular weight excluding hydrogens is 200 g/mol. The molecule has 0 amide bonds. The maximum Gasteiger partial charge on any atom is 0.344 e. The molecule has 0 saturated heterocycles. The topological polar surface area (TPSA) is 65.0 Å². The van der Waals surface area contributed by atoms with Crippen molar-refractivity contribution in [2.24, 2.45) is 0 Å². The molecule has 0 radical (unpaired) electrons. The van der Waals surface area contributed by atoms with E-state index in [4.69, 9.17) is 19.3 Å². The molecule has 5 heteroatoms. The van der Waals surface area contributed by atoms with Crippen LogP contribution in [-0.4, -0.2) is 24.0 Å². The molecule has 1 aliphatic rings. The van der Waals surface area contributed by atoms with Crippen LogP contribution in [0.5, 0.6) is 17.2 Å². The molecule has 1 aromatic carbocycles. The van der Waals surface area contributed by atoms with Gasteiger partial charge in [0.2, 0.25) is 6.79 Å². The number of carbonyl (C=O) groups is 1. The highest BCUT2D eigenvalue weighted by molar-refractivity contribution is 5.72. The van der Waals surface area contributed by atoms with Gasteiger partial charge in [-0.3, -0.25) is 0 Å². The molecule has 80 valence electrons. The summed E-state index contributed by atoms with van der Waals surface area (Å²) >= 11 is 0. The van der Waals surface area contributed by atoms with E-state index in [0.29, 0.717) is 17.2 Å². The SMILES string of the molecule is C[C@H](Oc1ccc2c(c1)OCO2)C(=O)O. The van der Waals surface area contributed by atoms with Crippen molar-refractivity contribution in [2.75, 3.05) is 6.79 Å². The number of benzene rings is 1. The monoisotopic (exact) mass is 210 g/mol. The van der Waals surface area contributed by atoms with E-state index in [9.17, 15) is 4.79 Å². The number of hydrogen-bond acceptors (Lipinski definition) is 4. The average molecular weight is 210 g/mol. The summed E-state index contributed by atoms with van der Waals surface area (Å²) in [5, 5.41) is 8.66. The molecule has 0 fully saturated rings. The van der Waals surface area contributed by atoms with Gasteiger partial charge in [-0.2, -0.15) is 0 Å². The number of carboxylic acid groups (broad SMARTS) is 1. The van der Waals surface area contributed by atoms with Crippen LogP contribution in [0, 0.1) is 0 Å². The van der Waals surface area contributed by atoms with Crippen molar-refractivity contribution >= 4 is 5.97 Å². The van der Waals surface area contributed by atoms with Crippen LogP contribution in [0.15, 0.2) is 18.2 Å². The van der Waals surface area contributed by atoms with E-state index < -0.39 is 12.1 Å². The summed E-state index contributed by atoms with van der Waals surface area (Å²) in [5.74, 6) is 0.664. The molecule has 1 atom stereocenters. The highest BCUT2D eigenvalue weighted by Crippen LogP contribution is 2.35. The Morgan fingerprint density at radius 3 is 2.93 bits per heavy atom. The minimum Gasteiger partial charge on any atom is -0.479 e. The Labute approximate surface area is 86.2 Å². The maximum atomic E-state index is 10.6. The second kappa shape index (κ2) is 3.68. The average Bonchev–Trinajstić information content (AvgIpc) is 2.64. The van der Waals surface area contributed by atoms with Gasteiger partial charge < -0.3 is 19.3 Å². The molecule has 0 aromatic heterocycles. The molecule has 0 bridgehead atoms. The van der Waals surface area contributed by atoms with Gasteiger partial charge in [0.05, 0.1) is 0 Å². The summed E-state index contributed by atoms with van der Waals surface area (Å²) in [6.07, 6.45) is -0.884. The van der Waals surface area contributed by atoms with Gasteiger partial charge in [-0.15, -0.1) is 0 Å². The number of aliphatic carboxylic acids is 1. The van der Waals surface area contributed by atoms with Crippen LogP contribution in [0.2, 0.25) is 0 Å². The van der Waals surface area contributed by atoms with Gasteiger partial charge in [0, 0.05) is 6.07 Å². The lowest BCUT2D eigenvalue weighted by Gasteiger charge is -2.10. The van der Waals surface area contributed by atoms with Gasteiger partial charge in [-0.1, -0.05) is 0 Å². The van der Waals surface area contributed by atoms with Crippen LogP contribution in [0.3, 0.4) is 0 Å². The number of rotatable bonds is 3. The summed E-state index contributed by atoms with van der Waals surface area (Å²) in [4.78, 5) is 10.6. The Balaban J connectivity index is 2.13. The van der Waals surface area contributed by atoms with Crippen molar-refractivity contribution in [1.82, 2.24) is 0 Å². The lowest BCUT2D eigenvalue weighted by molar-refractivity contribution is -0.144. The smallest absolute Gasteiger partial charge is 0.344 e.